The predicted molar refractivity (Wildman–Crippen MR) is 46.6 cm³/mol. The highest BCUT2D eigenvalue weighted by atomic mass is 16.5. The summed E-state index contributed by atoms with van der Waals surface area (Å²) in [4.78, 5) is 0. The molecule has 1 saturated heterocycles. The summed E-state index contributed by atoms with van der Waals surface area (Å²) in [6, 6.07) is 0. The van der Waals surface area contributed by atoms with E-state index in [1.165, 1.54) is 19.3 Å². The second kappa shape index (κ2) is 8.02. The van der Waals surface area contributed by atoms with Crippen LogP contribution in [0.2, 0.25) is 0 Å². The monoisotopic (exact) mass is 160 g/mol. The fraction of sp³-hybridized carbons (Fsp3) is 1.00. The Balaban J connectivity index is 0.000000218. The number of aliphatic hydroxyl groups is 1. The normalized spacial score (nSPS) is 22.6. The molecule has 0 saturated carbocycles. The molecule has 2 nitrogen and oxygen atoms in total. The summed E-state index contributed by atoms with van der Waals surface area (Å²) in [7, 11) is 0. The third-order valence-corrected chi connectivity index (χ3v) is 1.70. The molecule has 0 amide bonds. The van der Waals surface area contributed by atoms with Crippen LogP contribution < -0.4 is 0 Å². The SMILES string of the molecule is CCC1CCCO1.CCCO. The van der Waals surface area contributed by atoms with Gasteiger partial charge in [0.25, 0.3) is 0 Å². The van der Waals surface area contributed by atoms with E-state index in [1.807, 2.05) is 6.92 Å². The maximum absolute atomic E-state index is 7.88. The minimum absolute atomic E-state index is 0.319. The van der Waals surface area contributed by atoms with Gasteiger partial charge in [-0.15, -0.1) is 0 Å². The number of ether oxygens (including phenoxy) is 1. The first-order valence-corrected chi connectivity index (χ1v) is 4.57. The van der Waals surface area contributed by atoms with Gasteiger partial charge < -0.3 is 9.84 Å². The summed E-state index contributed by atoms with van der Waals surface area (Å²) in [5, 5.41) is 7.88. The Bertz CT molecular complexity index is 66.0. The molecule has 1 N–H and O–H groups in total. The largest absolute Gasteiger partial charge is 0.396 e. The zero-order valence-corrected chi connectivity index (χ0v) is 7.68. The van der Waals surface area contributed by atoms with E-state index in [9.17, 15) is 0 Å². The molecule has 1 unspecified atom stereocenters. The molecule has 0 radical (unpaired) electrons. The molecule has 0 aromatic heterocycles. The van der Waals surface area contributed by atoms with E-state index in [-0.39, 0.29) is 0 Å². The molecule has 1 atom stereocenters. The van der Waals surface area contributed by atoms with Crippen LogP contribution >= 0.6 is 0 Å². The Morgan fingerprint density at radius 2 is 2.09 bits per heavy atom. The highest BCUT2D eigenvalue weighted by Gasteiger charge is 2.11. The molecule has 0 aromatic rings. The molecule has 0 aliphatic carbocycles. The molecule has 68 valence electrons. The second-order valence-electron chi connectivity index (χ2n) is 2.77. The zero-order chi connectivity index (χ0) is 8.53. The van der Waals surface area contributed by atoms with Crippen molar-refractivity contribution in [3.05, 3.63) is 0 Å². The summed E-state index contributed by atoms with van der Waals surface area (Å²) in [6.07, 6.45) is 5.23. The Hall–Kier alpha value is -0.0800. The summed E-state index contributed by atoms with van der Waals surface area (Å²) in [5.41, 5.74) is 0. The van der Waals surface area contributed by atoms with Crippen molar-refractivity contribution < 1.29 is 9.84 Å². The number of hydrogen-bond acceptors (Lipinski definition) is 2. The summed E-state index contributed by atoms with van der Waals surface area (Å²) in [5.74, 6) is 0. The van der Waals surface area contributed by atoms with Crippen molar-refractivity contribution in [1.82, 2.24) is 0 Å². The van der Waals surface area contributed by atoms with Crippen LogP contribution in [0.3, 0.4) is 0 Å². The molecule has 2 heteroatoms. The second-order valence-corrected chi connectivity index (χ2v) is 2.77. The van der Waals surface area contributed by atoms with E-state index in [0.29, 0.717) is 12.7 Å². The standard InChI is InChI=1S/C6H12O.C3H8O/c1-2-6-4-3-5-7-6;1-2-3-4/h6H,2-5H2,1H3;4H,2-3H2,1H3. The van der Waals surface area contributed by atoms with E-state index in [2.05, 4.69) is 6.92 Å². The van der Waals surface area contributed by atoms with Crippen molar-refractivity contribution >= 4 is 0 Å². The molecule has 11 heavy (non-hydrogen) atoms. The fourth-order valence-corrected chi connectivity index (χ4v) is 0.966. The molecular weight excluding hydrogens is 140 g/mol. The molecule has 0 aromatic carbocycles. The van der Waals surface area contributed by atoms with Crippen LogP contribution in [-0.2, 0) is 4.74 Å². The van der Waals surface area contributed by atoms with Crippen molar-refractivity contribution in [2.75, 3.05) is 13.2 Å². The molecule has 1 aliphatic heterocycles. The maximum Gasteiger partial charge on any atom is 0.0573 e. The minimum atomic E-state index is 0.319. The first-order valence-electron chi connectivity index (χ1n) is 4.57. The fourth-order valence-electron chi connectivity index (χ4n) is 0.966. The van der Waals surface area contributed by atoms with Gasteiger partial charge in [-0.25, -0.2) is 0 Å². The molecular formula is C9H20O2. The predicted octanol–water partition coefficient (Wildman–Crippen LogP) is 1.96. The Morgan fingerprint density at radius 1 is 1.45 bits per heavy atom. The minimum Gasteiger partial charge on any atom is -0.396 e. The topological polar surface area (TPSA) is 29.5 Å². The Kier molecular flexibility index (Phi) is 7.96. The molecule has 0 bridgehead atoms. The quantitative estimate of drug-likeness (QED) is 0.669. The lowest BCUT2D eigenvalue weighted by molar-refractivity contribution is 0.108. The van der Waals surface area contributed by atoms with E-state index in [0.717, 1.165) is 13.0 Å². The van der Waals surface area contributed by atoms with Gasteiger partial charge in [0.2, 0.25) is 0 Å². The third kappa shape index (κ3) is 6.32. The van der Waals surface area contributed by atoms with Gasteiger partial charge >= 0.3 is 0 Å². The summed E-state index contributed by atoms with van der Waals surface area (Å²) in [6.45, 7) is 5.43. The van der Waals surface area contributed by atoms with Crippen molar-refractivity contribution in [1.29, 1.82) is 0 Å². The van der Waals surface area contributed by atoms with Gasteiger partial charge in [-0.1, -0.05) is 13.8 Å². The van der Waals surface area contributed by atoms with Crippen LogP contribution in [0, 0.1) is 0 Å². The van der Waals surface area contributed by atoms with Gasteiger partial charge in [0.05, 0.1) is 6.10 Å². The van der Waals surface area contributed by atoms with Crippen LogP contribution in [0.5, 0.6) is 0 Å². The first kappa shape index (κ1) is 10.9. The lowest BCUT2D eigenvalue weighted by atomic mass is 10.2. The van der Waals surface area contributed by atoms with Gasteiger partial charge in [0.15, 0.2) is 0 Å². The zero-order valence-electron chi connectivity index (χ0n) is 7.68. The number of rotatable bonds is 2. The van der Waals surface area contributed by atoms with E-state index in [1.54, 1.807) is 0 Å². The Morgan fingerprint density at radius 3 is 2.27 bits per heavy atom. The average molecular weight is 160 g/mol. The van der Waals surface area contributed by atoms with Crippen LogP contribution in [0.1, 0.15) is 39.5 Å². The maximum atomic E-state index is 7.88. The third-order valence-electron chi connectivity index (χ3n) is 1.70. The number of aliphatic hydroxyl groups excluding tert-OH is 1. The van der Waals surface area contributed by atoms with E-state index in [4.69, 9.17) is 9.84 Å². The van der Waals surface area contributed by atoms with Crippen molar-refractivity contribution in [2.45, 2.75) is 45.6 Å². The highest BCUT2D eigenvalue weighted by molar-refractivity contribution is 4.60. The van der Waals surface area contributed by atoms with Crippen molar-refractivity contribution in [3.63, 3.8) is 0 Å². The van der Waals surface area contributed by atoms with Gasteiger partial charge in [-0.2, -0.15) is 0 Å². The lowest BCUT2D eigenvalue weighted by Crippen LogP contribution is -2.00. The van der Waals surface area contributed by atoms with Crippen LogP contribution in [-0.4, -0.2) is 24.4 Å². The highest BCUT2D eigenvalue weighted by Crippen LogP contribution is 2.13. The van der Waals surface area contributed by atoms with E-state index < -0.39 is 0 Å². The average Bonchev–Trinajstić information content (AvgIpc) is 2.56. The first-order chi connectivity index (χ1) is 5.35. The smallest absolute Gasteiger partial charge is 0.0573 e. The van der Waals surface area contributed by atoms with Crippen LogP contribution in [0.15, 0.2) is 0 Å². The van der Waals surface area contributed by atoms with Crippen LogP contribution in [0.4, 0.5) is 0 Å². The molecule has 1 rings (SSSR count). The lowest BCUT2D eigenvalue weighted by Gasteiger charge is -2.01. The van der Waals surface area contributed by atoms with Gasteiger partial charge in [0.1, 0.15) is 0 Å². The molecule has 1 aliphatic rings. The van der Waals surface area contributed by atoms with E-state index >= 15 is 0 Å². The van der Waals surface area contributed by atoms with Gasteiger partial charge in [-0.3, -0.25) is 0 Å². The molecule has 1 heterocycles. The summed E-state index contributed by atoms with van der Waals surface area (Å²) < 4.78 is 5.30. The molecule has 0 spiro atoms. The number of hydrogen-bond donors (Lipinski definition) is 1. The van der Waals surface area contributed by atoms with Crippen molar-refractivity contribution in [2.24, 2.45) is 0 Å². The Labute approximate surface area is 69.6 Å². The van der Waals surface area contributed by atoms with Crippen LogP contribution in [0.25, 0.3) is 0 Å². The molecule has 1 fully saturated rings. The van der Waals surface area contributed by atoms with Crippen molar-refractivity contribution in [3.8, 4) is 0 Å². The van der Waals surface area contributed by atoms with Gasteiger partial charge in [0, 0.05) is 13.2 Å². The summed E-state index contributed by atoms with van der Waals surface area (Å²) >= 11 is 0. The van der Waals surface area contributed by atoms with Gasteiger partial charge in [-0.05, 0) is 25.7 Å².